The van der Waals surface area contributed by atoms with E-state index in [1.807, 2.05) is 6.92 Å². The van der Waals surface area contributed by atoms with Crippen molar-refractivity contribution in [2.45, 2.75) is 30.7 Å². The Morgan fingerprint density at radius 3 is 2.82 bits per heavy atom. The molecular weight excluding hydrogens is 260 g/mol. The van der Waals surface area contributed by atoms with Crippen LogP contribution in [0.5, 0.6) is 0 Å². The normalized spacial score (nSPS) is 13.4. The fourth-order valence-corrected chi connectivity index (χ4v) is 2.43. The molecule has 1 unspecified atom stereocenters. The predicted molar refractivity (Wildman–Crippen MR) is 70.4 cm³/mol. The van der Waals surface area contributed by atoms with Gasteiger partial charge in [0, 0.05) is 24.4 Å². The summed E-state index contributed by atoms with van der Waals surface area (Å²) in [5.74, 6) is 1.02. The number of hydrogen-bond donors (Lipinski definition) is 1. The van der Waals surface area contributed by atoms with Gasteiger partial charge >= 0.3 is 0 Å². The SMILES string of the molecule is CC(CCCCl)Nc1ncccc1S(C)(=O)=O. The summed E-state index contributed by atoms with van der Waals surface area (Å²) in [6, 6.07) is 3.31. The molecule has 0 amide bonds. The van der Waals surface area contributed by atoms with Crippen LogP contribution in [0.1, 0.15) is 19.8 Å². The molecule has 0 fully saturated rings. The molecule has 96 valence electrons. The van der Waals surface area contributed by atoms with Crippen molar-refractivity contribution in [2.75, 3.05) is 17.5 Å². The van der Waals surface area contributed by atoms with Gasteiger partial charge in [-0.25, -0.2) is 13.4 Å². The average molecular weight is 277 g/mol. The lowest BCUT2D eigenvalue weighted by atomic mass is 10.2. The van der Waals surface area contributed by atoms with E-state index in [0.717, 1.165) is 12.8 Å². The van der Waals surface area contributed by atoms with Gasteiger partial charge in [0.15, 0.2) is 9.84 Å². The van der Waals surface area contributed by atoms with Crippen molar-refractivity contribution in [1.82, 2.24) is 4.98 Å². The van der Waals surface area contributed by atoms with E-state index in [4.69, 9.17) is 11.6 Å². The Hall–Kier alpha value is -0.810. The first-order chi connectivity index (χ1) is 7.95. The molecule has 0 aliphatic heterocycles. The number of aromatic nitrogens is 1. The van der Waals surface area contributed by atoms with Gasteiger partial charge in [-0.15, -0.1) is 11.6 Å². The monoisotopic (exact) mass is 276 g/mol. The molecule has 0 saturated carbocycles. The molecule has 6 heteroatoms. The van der Waals surface area contributed by atoms with Crippen LogP contribution in [-0.4, -0.2) is 31.6 Å². The first kappa shape index (κ1) is 14.3. The number of nitrogens with one attached hydrogen (secondary N) is 1. The van der Waals surface area contributed by atoms with Crippen molar-refractivity contribution in [3.8, 4) is 0 Å². The molecule has 1 heterocycles. The van der Waals surface area contributed by atoms with E-state index in [0.29, 0.717) is 11.7 Å². The predicted octanol–water partition coefficient (Wildman–Crippen LogP) is 2.30. The minimum Gasteiger partial charge on any atom is -0.367 e. The maximum atomic E-state index is 11.5. The van der Waals surface area contributed by atoms with E-state index in [1.54, 1.807) is 18.3 Å². The van der Waals surface area contributed by atoms with Crippen molar-refractivity contribution >= 4 is 27.3 Å². The first-order valence-corrected chi connectivity index (χ1v) is 7.85. The molecule has 1 aromatic heterocycles. The highest BCUT2D eigenvalue weighted by atomic mass is 35.5. The number of hydrogen-bond acceptors (Lipinski definition) is 4. The van der Waals surface area contributed by atoms with Crippen LogP contribution < -0.4 is 5.32 Å². The zero-order chi connectivity index (χ0) is 12.9. The minimum atomic E-state index is -3.25. The van der Waals surface area contributed by atoms with Crippen molar-refractivity contribution in [1.29, 1.82) is 0 Å². The maximum Gasteiger partial charge on any atom is 0.179 e. The van der Waals surface area contributed by atoms with Crippen LogP contribution in [0.2, 0.25) is 0 Å². The number of pyridine rings is 1. The second-order valence-corrected chi connectivity index (χ2v) is 6.36. The van der Waals surface area contributed by atoms with Gasteiger partial charge in [0.2, 0.25) is 0 Å². The van der Waals surface area contributed by atoms with E-state index in [9.17, 15) is 8.42 Å². The van der Waals surface area contributed by atoms with E-state index in [-0.39, 0.29) is 10.9 Å². The van der Waals surface area contributed by atoms with Gasteiger partial charge in [-0.2, -0.15) is 0 Å². The van der Waals surface area contributed by atoms with Crippen LogP contribution in [0.4, 0.5) is 5.82 Å². The van der Waals surface area contributed by atoms with Crippen molar-refractivity contribution in [2.24, 2.45) is 0 Å². The third-order valence-corrected chi connectivity index (χ3v) is 3.72. The van der Waals surface area contributed by atoms with Crippen LogP contribution in [-0.2, 0) is 9.84 Å². The number of alkyl halides is 1. The molecule has 0 spiro atoms. The van der Waals surface area contributed by atoms with E-state index >= 15 is 0 Å². The topological polar surface area (TPSA) is 59.1 Å². The Labute approximate surface area is 107 Å². The van der Waals surface area contributed by atoms with Crippen molar-refractivity contribution in [3.63, 3.8) is 0 Å². The Bertz CT molecular complexity index is 462. The van der Waals surface area contributed by atoms with Gasteiger partial charge < -0.3 is 5.32 Å². The largest absolute Gasteiger partial charge is 0.367 e. The summed E-state index contributed by atoms with van der Waals surface area (Å²) in [5, 5.41) is 3.10. The van der Waals surface area contributed by atoms with Crippen LogP contribution >= 0.6 is 11.6 Å². The molecule has 0 aliphatic carbocycles. The molecule has 17 heavy (non-hydrogen) atoms. The highest BCUT2D eigenvalue weighted by molar-refractivity contribution is 7.90. The summed E-state index contributed by atoms with van der Waals surface area (Å²) >= 11 is 5.61. The maximum absolute atomic E-state index is 11.5. The Morgan fingerprint density at radius 2 is 2.24 bits per heavy atom. The summed E-state index contributed by atoms with van der Waals surface area (Å²) < 4.78 is 23.1. The van der Waals surface area contributed by atoms with Gasteiger partial charge in [-0.1, -0.05) is 0 Å². The van der Waals surface area contributed by atoms with Crippen LogP contribution in [0.15, 0.2) is 23.2 Å². The number of sulfone groups is 1. The minimum absolute atomic E-state index is 0.143. The van der Waals surface area contributed by atoms with Crippen LogP contribution in [0.3, 0.4) is 0 Å². The number of halogens is 1. The molecule has 0 saturated heterocycles. The molecule has 0 aliphatic rings. The van der Waals surface area contributed by atoms with Crippen LogP contribution in [0, 0.1) is 0 Å². The Balaban J connectivity index is 2.84. The third kappa shape index (κ3) is 4.52. The summed E-state index contributed by atoms with van der Waals surface area (Å²) in [6.07, 6.45) is 4.52. The number of rotatable bonds is 6. The molecule has 0 bridgehead atoms. The van der Waals surface area contributed by atoms with Crippen molar-refractivity contribution < 1.29 is 8.42 Å². The fourth-order valence-electron chi connectivity index (χ4n) is 1.49. The Morgan fingerprint density at radius 1 is 1.53 bits per heavy atom. The fraction of sp³-hybridized carbons (Fsp3) is 0.545. The second kappa shape index (κ2) is 6.21. The summed E-state index contributed by atoms with van der Waals surface area (Å²) in [4.78, 5) is 4.30. The standard InChI is InChI=1S/C11H17ClN2O2S/c1-9(5-3-7-12)14-11-10(17(2,15)16)6-4-8-13-11/h4,6,8-9H,3,5,7H2,1-2H3,(H,13,14). The summed E-state index contributed by atoms with van der Waals surface area (Å²) in [6.45, 7) is 1.98. The van der Waals surface area contributed by atoms with E-state index in [2.05, 4.69) is 10.3 Å². The van der Waals surface area contributed by atoms with Gasteiger partial charge in [-0.05, 0) is 31.9 Å². The summed E-state index contributed by atoms with van der Waals surface area (Å²) in [7, 11) is -3.25. The molecule has 0 radical (unpaired) electrons. The summed E-state index contributed by atoms with van der Waals surface area (Å²) in [5.41, 5.74) is 0. The highest BCUT2D eigenvalue weighted by Crippen LogP contribution is 2.19. The first-order valence-electron chi connectivity index (χ1n) is 5.42. The molecular formula is C11H17ClN2O2S. The molecule has 1 rings (SSSR count). The lowest BCUT2D eigenvalue weighted by Crippen LogP contribution is -2.18. The Kier molecular flexibility index (Phi) is 5.21. The zero-order valence-electron chi connectivity index (χ0n) is 9.98. The average Bonchev–Trinajstić information content (AvgIpc) is 2.25. The van der Waals surface area contributed by atoms with Crippen LogP contribution in [0.25, 0.3) is 0 Å². The van der Waals surface area contributed by atoms with E-state index in [1.165, 1.54) is 6.26 Å². The molecule has 4 nitrogen and oxygen atoms in total. The highest BCUT2D eigenvalue weighted by Gasteiger charge is 2.15. The zero-order valence-corrected chi connectivity index (χ0v) is 11.6. The molecule has 1 atom stereocenters. The molecule has 1 aromatic rings. The second-order valence-electron chi connectivity index (χ2n) is 4.00. The van der Waals surface area contributed by atoms with Gasteiger partial charge in [0.1, 0.15) is 10.7 Å². The lowest BCUT2D eigenvalue weighted by molar-refractivity contribution is 0.601. The van der Waals surface area contributed by atoms with Gasteiger partial charge in [0.25, 0.3) is 0 Å². The molecule has 0 aromatic carbocycles. The number of nitrogens with zero attached hydrogens (tertiary/aromatic N) is 1. The smallest absolute Gasteiger partial charge is 0.179 e. The lowest BCUT2D eigenvalue weighted by Gasteiger charge is -2.15. The third-order valence-electron chi connectivity index (χ3n) is 2.32. The van der Waals surface area contributed by atoms with Gasteiger partial charge in [-0.3, -0.25) is 0 Å². The van der Waals surface area contributed by atoms with E-state index < -0.39 is 9.84 Å². The quantitative estimate of drug-likeness (QED) is 0.810. The van der Waals surface area contributed by atoms with Crippen molar-refractivity contribution in [3.05, 3.63) is 18.3 Å². The van der Waals surface area contributed by atoms with Gasteiger partial charge in [0.05, 0.1) is 0 Å². The number of anilines is 1. The molecule has 1 N–H and O–H groups in total.